The van der Waals surface area contributed by atoms with Gasteiger partial charge in [0.15, 0.2) is 5.15 Å². The Morgan fingerprint density at radius 2 is 2.06 bits per heavy atom. The Morgan fingerprint density at radius 3 is 2.61 bits per heavy atom. The Bertz CT molecular complexity index is 389. The van der Waals surface area contributed by atoms with Crippen LogP contribution in [0.3, 0.4) is 0 Å². The summed E-state index contributed by atoms with van der Waals surface area (Å²) in [7, 11) is 0. The van der Waals surface area contributed by atoms with Crippen molar-refractivity contribution in [3.8, 4) is 0 Å². The zero-order chi connectivity index (χ0) is 13.6. The summed E-state index contributed by atoms with van der Waals surface area (Å²) in [4.78, 5) is 11.3. The summed E-state index contributed by atoms with van der Waals surface area (Å²) >= 11 is 5.60. The normalized spacial score (nSPS) is 10.9. The molecule has 100 valence electrons. The molecule has 7 heteroatoms. The second-order valence-electron chi connectivity index (χ2n) is 4.60. The van der Waals surface area contributed by atoms with Gasteiger partial charge in [-0.1, -0.05) is 11.6 Å². The van der Waals surface area contributed by atoms with E-state index < -0.39 is 11.7 Å². The molecule has 0 aliphatic rings. The lowest BCUT2D eigenvalue weighted by Crippen LogP contribution is -2.35. The molecule has 1 aromatic rings. The molecule has 6 nitrogen and oxygen atoms in total. The van der Waals surface area contributed by atoms with E-state index >= 15 is 0 Å². The predicted molar refractivity (Wildman–Crippen MR) is 69.8 cm³/mol. The maximum Gasteiger partial charge on any atom is 0.407 e. The first kappa shape index (κ1) is 14.5. The van der Waals surface area contributed by atoms with Crippen molar-refractivity contribution >= 4 is 23.5 Å². The van der Waals surface area contributed by atoms with Crippen LogP contribution in [0, 0.1) is 0 Å². The van der Waals surface area contributed by atoms with Crippen LogP contribution in [-0.4, -0.2) is 35.0 Å². The Labute approximate surface area is 111 Å². The minimum atomic E-state index is -0.487. The van der Waals surface area contributed by atoms with Crippen molar-refractivity contribution in [2.75, 3.05) is 18.4 Å². The van der Waals surface area contributed by atoms with Crippen LogP contribution in [0.15, 0.2) is 12.1 Å². The topological polar surface area (TPSA) is 76.1 Å². The van der Waals surface area contributed by atoms with Crippen LogP contribution in [0.1, 0.15) is 20.8 Å². The van der Waals surface area contributed by atoms with Crippen molar-refractivity contribution in [3.63, 3.8) is 0 Å². The van der Waals surface area contributed by atoms with E-state index in [-0.39, 0.29) is 0 Å². The SMILES string of the molecule is CC(C)(C)OC(=O)NCCNc1ccc(Cl)nn1. The molecule has 0 saturated carbocycles. The van der Waals surface area contributed by atoms with Gasteiger partial charge in [-0.25, -0.2) is 4.79 Å². The van der Waals surface area contributed by atoms with Crippen LogP contribution in [0.5, 0.6) is 0 Å². The van der Waals surface area contributed by atoms with Gasteiger partial charge < -0.3 is 15.4 Å². The molecular weight excluding hydrogens is 256 g/mol. The van der Waals surface area contributed by atoms with E-state index in [2.05, 4.69) is 20.8 Å². The molecule has 0 aromatic carbocycles. The number of hydrogen-bond acceptors (Lipinski definition) is 5. The Morgan fingerprint density at radius 1 is 1.33 bits per heavy atom. The van der Waals surface area contributed by atoms with Gasteiger partial charge in [0, 0.05) is 13.1 Å². The van der Waals surface area contributed by atoms with Crippen molar-refractivity contribution in [3.05, 3.63) is 17.3 Å². The quantitative estimate of drug-likeness (QED) is 0.821. The van der Waals surface area contributed by atoms with Crippen molar-refractivity contribution in [2.45, 2.75) is 26.4 Å². The van der Waals surface area contributed by atoms with Gasteiger partial charge in [0.25, 0.3) is 0 Å². The van der Waals surface area contributed by atoms with E-state index in [0.29, 0.717) is 24.1 Å². The zero-order valence-corrected chi connectivity index (χ0v) is 11.4. The number of carbonyl (C=O) groups excluding carboxylic acids is 1. The number of ether oxygens (including phenoxy) is 1. The fourth-order valence-corrected chi connectivity index (χ4v) is 1.18. The van der Waals surface area contributed by atoms with Crippen LogP contribution in [0.2, 0.25) is 5.15 Å². The standard InChI is InChI=1S/C11H17ClN4O2/c1-11(2,3)18-10(17)14-7-6-13-9-5-4-8(12)15-16-9/h4-5H,6-7H2,1-3H3,(H,13,16)(H,14,17). The number of carbonyl (C=O) groups is 1. The Balaban J connectivity index is 2.19. The number of rotatable bonds is 4. The monoisotopic (exact) mass is 272 g/mol. The molecule has 0 fully saturated rings. The van der Waals surface area contributed by atoms with Crippen molar-refractivity contribution in [2.24, 2.45) is 0 Å². The largest absolute Gasteiger partial charge is 0.444 e. The maximum atomic E-state index is 11.3. The number of amides is 1. The van der Waals surface area contributed by atoms with E-state index in [4.69, 9.17) is 16.3 Å². The summed E-state index contributed by atoms with van der Waals surface area (Å²) in [6.07, 6.45) is -0.438. The lowest BCUT2D eigenvalue weighted by Gasteiger charge is -2.19. The molecule has 0 aliphatic heterocycles. The zero-order valence-electron chi connectivity index (χ0n) is 10.7. The molecule has 0 aliphatic carbocycles. The molecule has 1 heterocycles. The third-order valence-corrected chi connectivity index (χ3v) is 1.93. The van der Waals surface area contributed by atoms with Crippen LogP contribution in [-0.2, 0) is 4.74 Å². The van der Waals surface area contributed by atoms with Gasteiger partial charge in [0.1, 0.15) is 11.4 Å². The highest BCUT2D eigenvalue weighted by Crippen LogP contribution is 2.06. The summed E-state index contributed by atoms with van der Waals surface area (Å²) < 4.78 is 5.08. The van der Waals surface area contributed by atoms with Gasteiger partial charge in [-0.2, -0.15) is 0 Å². The van der Waals surface area contributed by atoms with Gasteiger partial charge >= 0.3 is 6.09 Å². The molecule has 2 N–H and O–H groups in total. The molecule has 1 aromatic heterocycles. The van der Waals surface area contributed by atoms with Gasteiger partial charge in [0.2, 0.25) is 0 Å². The van der Waals surface area contributed by atoms with Gasteiger partial charge in [-0.3, -0.25) is 0 Å². The van der Waals surface area contributed by atoms with Gasteiger partial charge in [-0.05, 0) is 32.9 Å². The van der Waals surface area contributed by atoms with Crippen LogP contribution in [0.4, 0.5) is 10.6 Å². The first-order valence-electron chi connectivity index (χ1n) is 5.57. The third kappa shape index (κ3) is 6.24. The van der Waals surface area contributed by atoms with E-state index in [0.717, 1.165) is 0 Å². The number of anilines is 1. The number of aromatic nitrogens is 2. The lowest BCUT2D eigenvalue weighted by atomic mass is 10.2. The summed E-state index contributed by atoms with van der Waals surface area (Å²) in [5.41, 5.74) is -0.487. The average Bonchev–Trinajstić information content (AvgIpc) is 2.24. The lowest BCUT2D eigenvalue weighted by molar-refractivity contribution is 0.0530. The van der Waals surface area contributed by atoms with E-state index in [1.54, 1.807) is 12.1 Å². The first-order valence-corrected chi connectivity index (χ1v) is 5.94. The van der Waals surface area contributed by atoms with Gasteiger partial charge in [0.05, 0.1) is 0 Å². The van der Waals surface area contributed by atoms with Crippen molar-refractivity contribution in [1.29, 1.82) is 0 Å². The van der Waals surface area contributed by atoms with E-state index in [9.17, 15) is 4.79 Å². The number of hydrogen-bond donors (Lipinski definition) is 2. The van der Waals surface area contributed by atoms with E-state index in [1.165, 1.54) is 0 Å². The second-order valence-corrected chi connectivity index (χ2v) is 4.98. The third-order valence-electron chi connectivity index (χ3n) is 1.73. The number of nitrogens with zero attached hydrogens (tertiary/aromatic N) is 2. The molecule has 0 saturated heterocycles. The van der Waals surface area contributed by atoms with Crippen molar-refractivity contribution < 1.29 is 9.53 Å². The Hall–Kier alpha value is -1.56. The summed E-state index contributed by atoms with van der Waals surface area (Å²) in [5.74, 6) is 0.602. The molecule has 0 atom stereocenters. The van der Waals surface area contributed by atoms with Gasteiger partial charge in [-0.15, -0.1) is 10.2 Å². The minimum absolute atomic E-state index is 0.340. The summed E-state index contributed by atoms with van der Waals surface area (Å²) in [6, 6.07) is 3.35. The summed E-state index contributed by atoms with van der Waals surface area (Å²) in [5, 5.41) is 13.5. The molecule has 0 bridgehead atoms. The highest BCUT2D eigenvalue weighted by atomic mass is 35.5. The highest BCUT2D eigenvalue weighted by molar-refractivity contribution is 6.29. The molecule has 0 spiro atoms. The number of alkyl carbamates (subject to hydrolysis) is 1. The van der Waals surface area contributed by atoms with E-state index in [1.807, 2.05) is 20.8 Å². The molecule has 0 radical (unpaired) electrons. The minimum Gasteiger partial charge on any atom is -0.444 e. The second kappa shape index (κ2) is 6.39. The Kier molecular flexibility index (Phi) is 5.15. The molecule has 1 rings (SSSR count). The number of nitrogens with one attached hydrogen (secondary N) is 2. The molecule has 1 amide bonds. The summed E-state index contributed by atoms with van der Waals surface area (Å²) in [6.45, 7) is 6.39. The molecular formula is C11H17ClN4O2. The fourth-order valence-electron chi connectivity index (χ4n) is 1.08. The maximum absolute atomic E-state index is 11.3. The molecule has 0 unspecified atom stereocenters. The number of halogens is 1. The fraction of sp³-hybridized carbons (Fsp3) is 0.545. The highest BCUT2D eigenvalue weighted by Gasteiger charge is 2.15. The predicted octanol–water partition coefficient (Wildman–Crippen LogP) is 2.07. The van der Waals surface area contributed by atoms with Crippen molar-refractivity contribution in [1.82, 2.24) is 15.5 Å². The molecule has 18 heavy (non-hydrogen) atoms. The van der Waals surface area contributed by atoms with Crippen LogP contribution in [0.25, 0.3) is 0 Å². The van der Waals surface area contributed by atoms with Crippen LogP contribution >= 0.6 is 11.6 Å². The van der Waals surface area contributed by atoms with Crippen LogP contribution < -0.4 is 10.6 Å². The first-order chi connectivity index (χ1) is 8.37. The average molecular weight is 273 g/mol. The smallest absolute Gasteiger partial charge is 0.407 e.